The van der Waals surface area contributed by atoms with Gasteiger partial charge in [0.05, 0.1) is 17.9 Å². The average molecular weight is 273 g/mol. The maximum atomic E-state index is 4.69. The molecule has 0 amide bonds. The second-order valence-corrected chi connectivity index (χ2v) is 5.81. The van der Waals surface area contributed by atoms with E-state index in [1.54, 1.807) is 0 Å². The van der Waals surface area contributed by atoms with Gasteiger partial charge in [0.2, 0.25) is 0 Å². The summed E-state index contributed by atoms with van der Waals surface area (Å²) in [5.74, 6) is 1.08. The monoisotopic (exact) mass is 273 g/mol. The molecular formula is C15H23N5. The highest BCUT2D eigenvalue weighted by Crippen LogP contribution is 2.29. The van der Waals surface area contributed by atoms with Crippen LogP contribution in [-0.2, 0) is 13.6 Å². The molecule has 1 N–H and O–H groups in total. The van der Waals surface area contributed by atoms with Crippen molar-refractivity contribution in [3.8, 4) is 0 Å². The lowest BCUT2D eigenvalue weighted by Crippen LogP contribution is -2.06. The Morgan fingerprint density at radius 3 is 2.70 bits per heavy atom. The first-order valence-electron chi connectivity index (χ1n) is 7.42. The molecular weight excluding hydrogens is 250 g/mol. The van der Waals surface area contributed by atoms with Crippen molar-refractivity contribution in [2.24, 2.45) is 7.05 Å². The van der Waals surface area contributed by atoms with Crippen LogP contribution >= 0.6 is 0 Å². The molecule has 2 heterocycles. The minimum absolute atomic E-state index is 0.612. The molecule has 0 spiro atoms. The van der Waals surface area contributed by atoms with Crippen LogP contribution in [0.3, 0.4) is 0 Å². The van der Waals surface area contributed by atoms with E-state index in [1.165, 1.54) is 36.8 Å². The fraction of sp³-hybridized carbons (Fsp3) is 0.600. The van der Waals surface area contributed by atoms with Gasteiger partial charge in [0.15, 0.2) is 0 Å². The molecule has 0 unspecified atom stereocenters. The van der Waals surface area contributed by atoms with Gasteiger partial charge in [0.25, 0.3) is 0 Å². The number of hydrogen-bond donors (Lipinski definition) is 1. The normalized spacial score (nSPS) is 15.9. The van der Waals surface area contributed by atoms with Crippen LogP contribution in [0.1, 0.15) is 48.5 Å². The van der Waals surface area contributed by atoms with Crippen molar-refractivity contribution in [1.29, 1.82) is 0 Å². The van der Waals surface area contributed by atoms with E-state index in [-0.39, 0.29) is 0 Å². The minimum Gasteiger partial charge on any atom is -0.366 e. The largest absolute Gasteiger partial charge is 0.366 e. The molecule has 0 saturated heterocycles. The Bertz CT molecular complexity index is 570. The summed E-state index contributed by atoms with van der Waals surface area (Å²) in [5, 5.41) is 12.4. The highest BCUT2D eigenvalue weighted by Gasteiger charge is 2.18. The van der Waals surface area contributed by atoms with Crippen LogP contribution in [0.15, 0.2) is 12.4 Å². The van der Waals surface area contributed by atoms with Crippen molar-refractivity contribution >= 4 is 5.82 Å². The second kappa shape index (κ2) is 5.31. The zero-order valence-electron chi connectivity index (χ0n) is 12.6. The highest BCUT2D eigenvalue weighted by atomic mass is 15.3. The van der Waals surface area contributed by atoms with Gasteiger partial charge in [-0.2, -0.15) is 10.2 Å². The van der Waals surface area contributed by atoms with Gasteiger partial charge in [0, 0.05) is 30.9 Å². The fourth-order valence-electron chi connectivity index (χ4n) is 3.03. The zero-order valence-corrected chi connectivity index (χ0v) is 12.6. The van der Waals surface area contributed by atoms with Gasteiger partial charge in [-0.3, -0.25) is 9.36 Å². The van der Waals surface area contributed by atoms with E-state index in [4.69, 9.17) is 5.10 Å². The molecule has 0 atom stereocenters. The predicted molar refractivity (Wildman–Crippen MR) is 79.7 cm³/mol. The van der Waals surface area contributed by atoms with Crippen LogP contribution in [0.2, 0.25) is 0 Å². The first kappa shape index (κ1) is 13.2. The standard InChI is InChI=1S/C15H23N5/c1-11-8-17-19(3)15(11)16-9-13-10-20(18-12(13)2)14-6-4-5-7-14/h8,10,14,16H,4-7,9H2,1-3H3. The molecule has 0 radical (unpaired) electrons. The first-order chi connectivity index (χ1) is 9.65. The third-order valence-corrected chi connectivity index (χ3v) is 4.29. The zero-order chi connectivity index (χ0) is 14.1. The molecule has 0 bridgehead atoms. The quantitative estimate of drug-likeness (QED) is 0.931. The summed E-state index contributed by atoms with van der Waals surface area (Å²) >= 11 is 0. The van der Waals surface area contributed by atoms with E-state index >= 15 is 0 Å². The number of anilines is 1. The summed E-state index contributed by atoms with van der Waals surface area (Å²) in [6.45, 7) is 4.97. The Morgan fingerprint density at radius 2 is 2.05 bits per heavy atom. The summed E-state index contributed by atoms with van der Waals surface area (Å²) in [6.07, 6.45) is 9.32. The molecule has 2 aromatic heterocycles. The lowest BCUT2D eigenvalue weighted by atomic mass is 10.2. The molecule has 1 saturated carbocycles. The predicted octanol–water partition coefficient (Wildman–Crippen LogP) is 2.96. The van der Waals surface area contributed by atoms with Crippen molar-refractivity contribution in [3.05, 3.63) is 29.2 Å². The van der Waals surface area contributed by atoms with E-state index in [0.717, 1.165) is 18.1 Å². The molecule has 2 aromatic rings. The van der Waals surface area contributed by atoms with Crippen LogP contribution in [0.25, 0.3) is 0 Å². The van der Waals surface area contributed by atoms with Gasteiger partial charge in [-0.15, -0.1) is 0 Å². The summed E-state index contributed by atoms with van der Waals surface area (Å²) in [5.41, 5.74) is 3.58. The third-order valence-electron chi connectivity index (χ3n) is 4.29. The minimum atomic E-state index is 0.612. The molecule has 1 fully saturated rings. The molecule has 1 aliphatic carbocycles. The lowest BCUT2D eigenvalue weighted by Gasteiger charge is -2.09. The van der Waals surface area contributed by atoms with Crippen LogP contribution in [0.5, 0.6) is 0 Å². The number of rotatable bonds is 4. The molecule has 5 heteroatoms. The number of aromatic nitrogens is 4. The smallest absolute Gasteiger partial charge is 0.127 e. The van der Waals surface area contributed by atoms with Crippen LogP contribution in [0, 0.1) is 13.8 Å². The SMILES string of the molecule is Cc1cnn(C)c1NCc1cn(C2CCCC2)nc1C. The Hall–Kier alpha value is -1.78. The van der Waals surface area contributed by atoms with E-state index < -0.39 is 0 Å². The number of nitrogens with zero attached hydrogens (tertiary/aromatic N) is 4. The third kappa shape index (κ3) is 2.44. The molecule has 3 rings (SSSR count). The van der Waals surface area contributed by atoms with Crippen LogP contribution < -0.4 is 5.32 Å². The second-order valence-electron chi connectivity index (χ2n) is 5.81. The van der Waals surface area contributed by atoms with Gasteiger partial charge in [-0.1, -0.05) is 12.8 Å². The average Bonchev–Trinajstić information content (AvgIpc) is 3.11. The van der Waals surface area contributed by atoms with Crippen molar-refractivity contribution in [2.45, 2.75) is 52.1 Å². The van der Waals surface area contributed by atoms with Crippen LogP contribution in [0.4, 0.5) is 5.82 Å². The number of aryl methyl sites for hydroxylation is 3. The Morgan fingerprint density at radius 1 is 1.30 bits per heavy atom. The molecule has 0 aliphatic heterocycles. The molecule has 108 valence electrons. The van der Waals surface area contributed by atoms with Crippen molar-refractivity contribution in [3.63, 3.8) is 0 Å². The Labute approximate surface area is 120 Å². The number of hydrogen-bond acceptors (Lipinski definition) is 3. The van der Waals surface area contributed by atoms with Crippen LogP contribution in [-0.4, -0.2) is 19.6 Å². The molecule has 0 aromatic carbocycles. The van der Waals surface area contributed by atoms with E-state index in [1.807, 2.05) is 17.9 Å². The van der Waals surface area contributed by atoms with Crippen molar-refractivity contribution in [2.75, 3.05) is 5.32 Å². The summed E-state index contributed by atoms with van der Waals surface area (Å²) < 4.78 is 4.06. The Kier molecular flexibility index (Phi) is 3.51. The van der Waals surface area contributed by atoms with Crippen molar-refractivity contribution in [1.82, 2.24) is 19.6 Å². The highest BCUT2D eigenvalue weighted by molar-refractivity contribution is 5.43. The first-order valence-corrected chi connectivity index (χ1v) is 7.42. The van der Waals surface area contributed by atoms with E-state index in [9.17, 15) is 0 Å². The summed E-state index contributed by atoms with van der Waals surface area (Å²) in [7, 11) is 1.96. The maximum Gasteiger partial charge on any atom is 0.127 e. The molecule has 5 nitrogen and oxygen atoms in total. The fourth-order valence-corrected chi connectivity index (χ4v) is 3.03. The van der Waals surface area contributed by atoms with Gasteiger partial charge in [-0.05, 0) is 26.7 Å². The van der Waals surface area contributed by atoms with Gasteiger partial charge >= 0.3 is 0 Å². The van der Waals surface area contributed by atoms with Gasteiger partial charge < -0.3 is 5.32 Å². The van der Waals surface area contributed by atoms with Gasteiger partial charge in [0.1, 0.15) is 5.82 Å². The summed E-state index contributed by atoms with van der Waals surface area (Å²) in [6, 6.07) is 0.612. The summed E-state index contributed by atoms with van der Waals surface area (Å²) in [4.78, 5) is 0. The van der Waals surface area contributed by atoms with E-state index in [2.05, 4.69) is 35.1 Å². The topological polar surface area (TPSA) is 47.7 Å². The van der Waals surface area contributed by atoms with Crippen molar-refractivity contribution < 1.29 is 0 Å². The number of nitrogens with one attached hydrogen (secondary N) is 1. The van der Waals surface area contributed by atoms with Gasteiger partial charge in [-0.25, -0.2) is 0 Å². The van der Waals surface area contributed by atoms with E-state index in [0.29, 0.717) is 6.04 Å². The molecule has 20 heavy (non-hydrogen) atoms. The maximum absolute atomic E-state index is 4.69. The molecule has 1 aliphatic rings. The lowest BCUT2D eigenvalue weighted by molar-refractivity contribution is 0.464. The Balaban J connectivity index is 1.71.